The fourth-order valence-electron chi connectivity index (χ4n) is 1.42. The van der Waals surface area contributed by atoms with Crippen LogP contribution in [0.2, 0.25) is 6.82 Å². The third-order valence-electron chi connectivity index (χ3n) is 2.39. The van der Waals surface area contributed by atoms with Gasteiger partial charge in [-0.15, -0.1) is 0 Å². The molecule has 0 amide bonds. The first-order chi connectivity index (χ1) is 6.24. The highest BCUT2D eigenvalue weighted by Crippen LogP contribution is 2.22. The maximum absolute atomic E-state index is 3.23. The van der Waals surface area contributed by atoms with Gasteiger partial charge in [0.25, 0.3) is 0 Å². The minimum absolute atomic E-state index is 0.999. The summed E-state index contributed by atoms with van der Waals surface area (Å²) in [6, 6.07) is 0. The third kappa shape index (κ3) is 3.13. The van der Waals surface area contributed by atoms with Gasteiger partial charge in [0.15, 0.2) is 0 Å². The monoisotopic (exact) mass is 175 g/mol. The Kier molecular flexibility index (Phi) is 3.87. The zero-order valence-corrected chi connectivity index (χ0v) is 8.85. The van der Waals surface area contributed by atoms with Crippen molar-refractivity contribution in [1.29, 1.82) is 0 Å². The fraction of sp³-hybridized carbons (Fsp3) is 0.455. The van der Waals surface area contributed by atoms with E-state index in [1.807, 2.05) is 0 Å². The summed E-state index contributed by atoms with van der Waals surface area (Å²) in [6.45, 7) is 6.47. The third-order valence-corrected chi connectivity index (χ3v) is 2.39. The van der Waals surface area contributed by atoms with Crippen LogP contribution >= 0.6 is 0 Å². The summed E-state index contributed by atoms with van der Waals surface area (Å²) >= 11 is 0. The first kappa shape index (κ1) is 10.2. The van der Waals surface area contributed by atoms with Crippen molar-refractivity contribution in [3.8, 4) is 0 Å². The number of allylic oxidation sites excluding steroid dienone is 5. The normalized spacial score (nSPS) is 17.6. The largest absolute Gasteiger partial charge is 0.437 e. The van der Waals surface area contributed by atoms with Gasteiger partial charge in [-0.2, -0.15) is 0 Å². The van der Waals surface area contributed by atoms with Gasteiger partial charge in [-0.3, -0.25) is 0 Å². The molecular weight excluding hydrogens is 157 g/mol. The summed E-state index contributed by atoms with van der Waals surface area (Å²) in [5.41, 5.74) is 4.32. The lowest BCUT2D eigenvalue weighted by Crippen LogP contribution is -2.08. The molecule has 1 aliphatic rings. The number of hydrogen-bond donors (Lipinski definition) is 1. The van der Waals surface area contributed by atoms with E-state index in [-0.39, 0.29) is 0 Å². The van der Waals surface area contributed by atoms with Crippen molar-refractivity contribution in [3.63, 3.8) is 0 Å². The molecule has 0 spiro atoms. The zero-order chi connectivity index (χ0) is 9.68. The maximum atomic E-state index is 3.23. The second-order valence-corrected chi connectivity index (χ2v) is 3.59. The Hall–Kier alpha value is -0.915. The molecule has 0 aromatic heterocycles. The molecule has 1 aliphatic carbocycles. The molecule has 0 heterocycles. The summed E-state index contributed by atoms with van der Waals surface area (Å²) in [5, 5.41) is 3.23. The van der Waals surface area contributed by atoms with Crippen LogP contribution in [0.1, 0.15) is 26.7 Å². The lowest BCUT2D eigenvalue weighted by atomic mass is 9.94. The molecule has 0 bridgehead atoms. The lowest BCUT2D eigenvalue weighted by molar-refractivity contribution is 0.909. The van der Waals surface area contributed by atoms with E-state index in [1.165, 1.54) is 29.6 Å². The van der Waals surface area contributed by atoms with Crippen LogP contribution in [0.25, 0.3) is 0 Å². The summed E-state index contributed by atoms with van der Waals surface area (Å²) in [5.74, 6) is 0. The van der Waals surface area contributed by atoms with E-state index in [9.17, 15) is 0 Å². The van der Waals surface area contributed by atoms with Crippen molar-refractivity contribution in [2.45, 2.75) is 33.5 Å². The summed E-state index contributed by atoms with van der Waals surface area (Å²) in [4.78, 5) is 0. The Labute approximate surface area is 81.9 Å². The van der Waals surface area contributed by atoms with Crippen molar-refractivity contribution in [2.75, 3.05) is 0 Å². The lowest BCUT2D eigenvalue weighted by Gasteiger charge is -2.12. The second-order valence-electron chi connectivity index (χ2n) is 3.59. The predicted octanol–water partition coefficient (Wildman–Crippen LogP) is 2.55. The number of nitrogens with one attached hydrogen (secondary N) is 1. The Bertz CT molecular complexity index is 261. The van der Waals surface area contributed by atoms with Gasteiger partial charge in [0, 0.05) is 0 Å². The van der Waals surface area contributed by atoms with Gasteiger partial charge in [-0.05, 0) is 44.0 Å². The Balaban J connectivity index is 2.62. The molecule has 0 saturated carbocycles. The van der Waals surface area contributed by atoms with E-state index in [0.717, 1.165) is 7.41 Å². The molecule has 70 valence electrons. The van der Waals surface area contributed by atoms with E-state index < -0.39 is 0 Å². The van der Waals surface area contributed by atoms with Crippen molar-refractivity contribution >= 4 is 7.41 Å². The molecule has 0 saturated heterocycles. The van der Waals surface area contributed by atoms with Crippen molar-refractivity contribution in [3.05, 3.63) is 35.1 Å². The summed E-state index contributed by atoms with van der Waals surface area (Å²) in [7, 11) is 0.999. The highest BCUT2D eigenvalue weighted by Gasteiger charge is 2.04. The Morgan fingerprint density at radius 3 is 2.77 bits per heavy atom. The molecule has 0 radical (unpaired) electrons. The SMILES string of the molecule is CBN/C=C(\C)C1=CC=C(C)CC1. The first-order valence-electron chi connectivity index (χ1n) is 5.01. The minimum Gasteiger partial charge on any atom is -0.437 e. The van der Waals surface area contributed by atoms with Crippen LogP contribution in [-0.2, 0) is 0 Å². The van der Waals surface area contributed by atoms with E-state index in [1.54, 1.807) is 0 Å². The standard InChI is InChI=1S/C11H18BN/c1-9-4-6-11(7-5-9)10(2)8-13-12-3/h4,6,8,12-13H,5,7H2,1-3H3/b10-8+. The molecular formula is C11H18BN. The average Bonchev–Trinajstić information content (AvgIpc) is 2.15. The van der Waals surface area contributed by atoms with Crippen LogP contribution in [0.5, 0.6) is 0 Å². The van der Waals surface area contributed by atoms with Gasteiger partial charge in [0.1, 0.15) is 0 Å². The first-order valence-corrected chi connectivity index (χ1v) is 5.01. The molecule has 0 aromatic rings. The molecule has 0 fully saturated rings. The Morgan fingerprint density at radius 1 is 1.46 bits per heavy atom. The van der Waals surface area contributed by atoms with Crippen molar-refractivity contribution < 1.29 is 0 Å². The fourth-order valence-corrected chi connectivity index (χ4v) is 1.42. The molecule has 0 aromatic carbocycles. The van der Waals surface area contributed by atoms with Crippen molar-refractivity contribution in [1.82, 2.24) is 5.23 Å². The van der Waals surface area contributed by atoms with E-state index in [2.05, 4.69) is 44.3 Å². The minimum atomic E-state index is 0.999. The van der Waals surface area contributed by atoms with Gasteiger partial charge in [-0.25, -0.2) is 0 Å². The maximum Gasteiger partial charge on any atom is 0.228 e. The molecule has 1 nitrogen and oxygen atoms in total. The van der Waals surface area contributed by atoms with E-state index >= 15 is 0 Å². The molecule has 0 unspecified atom stereocenters. The molecule has 1 rings (SSSR count). The molecule has 2 heteroatoms. The Morgan fingerprint density at radius 2 is 2.23 bits per heavy atom. The van der Waals surface area contributed by atoms with Crippen molar-refractivity contribution in [2.24, 2.45) is 0 Å². The van der Waals surface area contributed by atoms with Gasteiger partial charge in [0.05, 0.1) is 0 Å². The second kappa shape index (κ2) is 4.95. The van der Waals surface area contributed by atoms with Gasteiger partial charge >= 0.3 is 0 Å². The van der Waals surface area contributed by atoms with Crippen LogP contribution in [0, 0.1) is 0 Å². The van der Waals surface area contributed by atoms with Crippen LogP contribution in [0.3, 0.4) is 0 Å². The van der Waals surface area contributed by atoms with Gasteiger partial charge in [0.2, 0.25) is 7.41 Å². The van der Waals surface area contributed by atoms with E-state index in [0.29, 0.717) is 0 Å². The number of rotatable bonds is 3. The molecule has 1 N–H and O–H groups in total. The topological polar surface area (TPSA) is 12.0 Å². The highest BCUT2D eigenvalue weighted by atomic mass is 14.7. The molecule has 0 aliphatic heterocycles. The van der Waals surface area contributed by atoms with Gasteiger partial charge in [-0.1, -0.05) is 24.5 Å². The van der Waals surface area contributed by atoms with Crippen LogP contribution in [-0.4, -0.2) is 7.41 Å². The van der Waals surface area contributed by atoms with Gasteiger partial charge < -0.3 is 5.23 Å². The molecule has 13 heavy (non-hydrogen) atoms. The van der Waals surface area contributed by atoms with Crippen LogP contribution in [0.15, 0.2) is 35.1 Å². The number of hydrogen-bond acceptors (Lipinski definition) is 1. The smallest absolute Gasteiger partial charge is 0.228 e. The summed E-state index contributed by atoms with van der Waals surface area (Å²) in [6.07, 6.45) is 8.98. The molecule has 0 atom stereocenters. The van der Waals surface area contributed by atoms with E-state index in [4.69, 9.17) is 0 Å². The highest BCUT2D eigenvalue weighted by molar-refractivity contribution is 6.30. The predicted molar refractivity (Wildman–Crippen MR) is 61.0 cm³/mol. The van der Waals surface area contributed by atoms with Crippen LogP contribution in [0.4, 0.5) is 0 Å². The zero-order valence-electron chi connectivity index (χ0n) is 8.85. The quantitative estimate of drug-likeness (QED) is 0.650. The van der Waals surface area contributed by atoms with Crippen LogP contribution < -0.4 is 5.23 Å². The summed E-state index contributed by atoms with van der Waals surface area (Å²) < 4.78 is 0. The average molecular weight is 175 g/mol.